The predicted octanol–water partition coefficient (Wildman–Crippen LogP) is 22.5. The number of carboxylic acid groups (broad SMARTS) is 1. The Hall–Kier alpha value is -3.27. The zero-order valence-electron chi connectivity index (χ0n) is 56.5. The average molecular weight is 1190 g/mol. The molecule has 9 nitrogen and oxygen atoms in total. The van der Waals surface area contributed by atoms with Crippen LogP contribution in [0.15, 0.2) is 72.9 Å². The molecule has 0 bridgehead atoms. The molecule has 494 valence electrons. The van der Waals surface area contributed by atoms with Crippen LogP contribution >= 0.6 is 0 Å². The van der Waals surface area contributed by atoms with Crippen LogP contribution in [0, 0.1) is 0 Å². The van der Waals surface area contributed by atoms with Gasteiger partial charge in [-0.2, -0.15) is 0 Å². The summed E-state index contributed by atoms with van der Waals surface area (Å²) in [4.78, 5) is 37.6. The summed E-state index contributed by atoms with van der Waals surface area (Å²) in [5.74, 6) is -1.98. The quantitative estimate of drug-likeness (QED) is 0.0211. The van der Waals surface area contributed by atoms with Crippen molar-refractivity contribution in [3.05, 3.63) is 72.9 Å². The smallest absolute Gasteiger partial charge is 0.361 e. The van der Waals surface area contributed by atoms with Crippen molar-refractivity contribution in [1.82, 2.24) is 0 Å². The molecule has 0 aromatic carbocycles. The Labute approximate surface area is 526 Å². The number of allylic oxidation sites excluding steroid dienone is 12. The van der Waals surface area contributed by atoms with E-state index in [0.29, 0.717) is 17.4 Å². The molecular weight excluding hydrogens is 1050 g/mol. The fraction of sp³-hybridized carbons (Fsp3) is 0.803. The van der Waals surface area contributed by atoms with E-state index in [-0.39, 0.29) is 38.2 Å². The van der Waals surface area contributed by atoms with Crippen LogP contribution in [0.1, 0.15) is 335 Å². The van der Waals surface area contributed by atoms with Gasteiger partial charge in [0.05, 0.1) is 34.4 Å². The minimum absolute atomic E-state index is 0.177. The van der Waals surface area contributed by atoms with Gasteiger partial charge in [0.25, 0.3) is 6.29 Å². The van der Waals surface area contributed by atoms with Gasteiger partial charge >= 0.3 is 17.9 Å². The molecule has 0 amide bonds. The van der Waals surface area contributed by atoms with Crippen LogP contribution in [0.3, 0.4) is 0 Å². The molecule has 0 saturated heterocycles. The average Bonchev–Trinajstić information content (AvgIpc) is 3.49. The summed E-state index contributed by atoms with van der Waals surface area (Å²) >= 11 is 0. The van der Waals surface area contributed by atoms with Crippen LogP contribution in [0.4, 0.5) is 0 Å². The molecule has 0 saturated carbocycles. The third-order valence-corrected chi connectivity index (χ3v) is 16.0. The molecule has 0 aliphatic rings. The summed E-state index contributed by atoms with van der Waals surface area (Å²) in [5.41, 5.74) is 0. The lowest BCUT2D eigenvalue weighted by Crippen LogP contribution is -2.40. The van der Waals surface area contributed by atoms with E-state index in [2.05, 4.69) is 86.8 Å². The van der Waals surface area contributed by atoms with E-state index in [4.69, 9.17) is 18.9 Å². The van der Waals surface area contributed by atoms with Crippen molar-refractivity contribution in [2.75, 3.05) is 47.5 Å². The Morgan fingerprint density at radius 2 is 0.671 bits per heavy atom. The van der Waals surface area contributed by atoms with Gasteiger partial charge < -0.3 is 28.5 Å². The first kappa shape index (κ1) is 81.7. The van der Waals surface area contributed by atoms with E-state index < -0.39 is 18.4 Å². The molecular formula is C76H138NO8+. The van der Waals surface area contributed by atoms with Crippen molar-refractivity contribution in [3.63, 3.8) is 0 Å². The van der Waals surface area contributed by atoms with Crippen molar-refractivity contribution in [3.8, 4) is 0 Å². The van der Waals surface area contributed by atoms with Gasteiger partial charge in [-0.1, -0.05) is 331 Å². The number of nitrogens with zero attached hydrogens (tertiary/aromatic N) is 1. The predicted molar refractivity (Wildman–Crippen MR) is 364 cm³/mol. The molecule has 0 spiro atoms. The Morgan fingerprint density at radius 3 is 1.00 bits per heavy atom. The fourth-order valence-electron chi connectivity index (χ4n) is 10.5. The number of unbranched alkanes of at least 4 members (excludes halogenated alkanes) is 40. The molecule has 9 heteroatoms. The van der Waals surface area contributed by atoms with Gasteiger partial charge in [-0.15, -0.1) is 0 Å². The molecule has 0 radical (unpaired) electrons. The summed E-state index contributed by atoms with van der Waals surface area (Å²) < 4.78 is 23.0. The van der Waals surface area contributed by atoms with Crippen molar-refractivity contribution >= 4 is 17.9 Å². The fourth-order valence-corrected chi connectivity index (χ4v) is 10.5. The standard InChI is InChI=1S/C76H137NO8/c1-6-8-10-12-14-16-18-20-22-24-26-27-28-29-30-31-32-33-34-35-36-37-38-39-40-41-42-43-44-45-46-47-49-51-53-55-57-59-61-63-65-67-74(79)85-72(71-84-76(75(80)81)82-69-68-77(3,4)5)70-83-73(78)66-64-62-60-58-56-54-52-50-48-25-23-21-19-17-15-13-11-9-7-2/h8,10,14,16,20,22,26-27,29-30,32-33,72,76H,6-7,9,11-13,15,17-19,21,23-25,28,31,34-71H2,1-5H3/p+1/b10-8-,16-14-,22-20-,27-26-,30-29-,33-32-. The van der Waals surface area contributed by atoms with Crippen LogP contribution in [0.25, 0.3) is 0 Å². The zero-order valence-corrected chi connectivity index (χ0v) is 56.5. The van der Waals surface area contributed by atoms with Crippen molar-refractivity contribution in [2.24, 2.45) is 0 Å². The number of esters is 2. The Morgan fingerprint density at radius 1 is 0.365 bits per heavy atom. The maximum Gasteiger partial charge on any atom is 0.361 e. The zero-order chi connectivity index (χ0) is 61.9. The van der Waals surface area contributed by atoms with Crippen LogP contribution < -0.4 is 0 Å². The monoisotopic (exact) mass is 1190 g/mol. The molecule has 2 unspecified atom stereocenters. The summed E-state index contributed by atoms with van der Waals surface area (Å²) in [6, 6.07) is 0. The summed E-state index contributed by atoms with van der Waals surface area (Å²) in [7, 11) is 5.99. The largest absolute Gasteiger partial charge is 0.477 e. The Balaban J connectivity index is 3.97. The SMILES string of the molecule is CC/C=C\C/C=C\C/C=C\C/C=C\C/C=C\C/C=C\CCCCCCCCCCCCCCCCCCCCCCCCC(=O)OC(COC(=O)CCCCCCCCCCCCCCCCCCCCC)COC(OCC[N+](C)(C)C)C(=O)O. The molecule has 0 rings (SSSR count). The number of carboxylic acids is 1. The summed E-state index contributed by atoms with van der Waals surface area (Å²) in [6.07, 6.45) is 86.0. The van der Waals surface area contributed by atoms with Gasteiger partial charge in [0.1, 0.15) is 13.2 Å². The molecule has 0 aromatic heterocycles. The molecule has 0 heterocycles. The first-order valence-electron chi connectivity index (χ1n) is 36.1. The van der Waals surface area contributed by atoms with Crippen LogP contribution in [0.5, 0.6) is 0 Å². The van der Waals surface area contributed by atoms with E-state index in [0.717, 1.165) is 77.0 Å². The number of carbonyl (C=O) groups is 3. The molecule has 0 aliphatic carbocycles. The van der Waals surface area contributed by atoms with Crippen molar-refractivity contribution in [1.29, 1.82) is 0 Å². The number of likely N-dealkylation sites (N-methyl/N-ethyl adjacent to an activating group) is 1. The number of rotatable bonds is 67. The molecule has 85 heavy (non-hydrogen) atoms. The maximum atomic E-state index is 12.9. The van der Waals surface area contributed by atoms with Crippen LogP contribution in [-0.2, 0) is 33.3 Å². The second-order valence-electron chi connectivity index (χ2n) is 25.5. The highest BCUT2D eigenvalue weighted by Gasteiger charge is 2.25. The van der Waals surface area contributed by atoms with Gasteiger partial charge in [-0.3, -0.25) is 9.59 Å². The van der Waals surface area contributed by atoms with Gasteiger partial charge in [0, 0.05) is 12.8 Å². The molecule has 1 N–H and O–H groups in total. The van der Waals surface area contributed by atoms with E-state index in [1.54, 1.807) is 0 Å². The van der Waals surface area contributed by atoms with Crippen LogP contribution in [0.2, 0.25) is 0 Å². The Bertz CT molecular complexity index is 1620. The third kappa shape index (κ3) is 68.1. The highest BCUT2D eigenvalue weighted by Crippen LogP contribution is 2.19. The molecule has 0 aromatic rings. The van der Waals surface area contributed by atoms with Crippen LogP contribution in [-0.4, -0.2) is 87.4 Å². The lowest BCUT2D eigenvalue weighted by molar-refractivity contribution is -0.870. The number of aliphatic carboxylic acids is 1. The van der Waals surface area contributed by atoms with E-state index in [1.807, 2.05) is 21.1 Å². The lowest BCUT2D eigenvalue weighted by atomic mass is 10.0. The van der Waals surface area contributed by atoms with Crippen molar-refractivity contribution in [2.45, 2.75) is 347 Å². The second-order valence-corrected chi connectivity index (χ2v) is 25.5. The Kier molecular flexibility index (Phi) is 64.1. The minimum atomic E-state index is -1.51. The van der Waals surface area contributed by atoms with E-state index in [1.165, 1.54) is 231 Å². The highest BCUT2D eigenvalue weighted by atomic mass is 16.7. The second kappa shape index (κ2) is 66.7. The van der Waals surface area contributed by atoms with Gasteiger partial charge in [0.2, 0.25) is 0 Å². The van der Waals surface area contributed by atoms with Gasteiger partial charge in [-0.25, -0.2) is 4.79 Å². The van der Waals surface area contributed by atoms with Gasteiger partial charge in [-0.05, 0) is 64.2 Å². The number of hydrogen-bond acceptors (Lipinski definition) is 7. The number of carbonyl (C=O) groups excluding carboxylic acids is 2. The third-order valence-electron chi connectivity index (χ3n) is 16.0. The van der Waals surface area contributed by atoms with E-state index in [9.17, 15) is 19.5 Å². The topological polar surface area (TPSA) is 108 Å². The summed E-state index contributed by atoms with van der Waals surface area (Å²) in [5, 5.41) is 9.74. The first-order valence-corrected chi connectivity index (χ1v) is 36.1. The van der Waals surface area contributed by atoms with E-state index >= 15 is 0 Å². The molecule has 2 atom stereocenters. The molecule has 0 fully saturated rings. The summed E-state index contributed by atoms with van der Waals surface area (Å²) in [6.45, 7) is 4.82. The first-order chi connectivity index (χ1) is 41.6. The van der Waals surface area contributed by atoms with Crippen molar-refractivity contribution < 1.29 is 42.9 Å². The minimum Gasteiger partial charge on any atom is -0.477 e. The lowest BCUT2D eigenvalue weighted by Gasteiger charge is -2.25. The number of hydrogen-bond donors (Lipinski definition) is 1. The normalized spacial score (nSPS) is 13.1. The van der Waals surface area contributed by atoms with Gasteiger partial charge in [0.15, 0.2) is 6.10 Å². The highest BCUT2D eigenvalue weighted by molar-refractivity contribution is 5.71. The maximum absolute atomic E-state index is 12.9. The number of quaternary nitrogens is 1. The molecule has 0 aliphatic heterocycles. The number of ether oxygens (including phenoxy) is 4.